The molecule has 130 valence electrons. The van der Waals surface area contributed by atoms with Gasteiger partial charge >= 0.3 is 0 Å². The minimum absolute atomic E-state index is 0.228. The summed E-state index contributed by atoms with van der Waals surface area (Å²) in [4.78, 5) is 12.6. The summed E-state index contributed by atoms with van der Waals surface area (Å²) in [7, 11) is -2.46. The number of nitrogens with zero attached hydrogens (tertiary/aromatic N) is 2. The van der Waals surface area contributed by atoms with Gasteiger partial charge in [0.15, 0.2) is 0 Å². The van der Waals surface area contributed by atoms with Gasteiger partial charge in [0.2, 0.25) is 5.91 Å². The first kappa shape index (κ1) is 17.2. The number of hydrogen-bond donors (Lipinski definition) is 2. The second-order valence-corrected chi connectivity index (χ2v) is 7.40. The van der Waals surface area contributed by atoms with Crippen LogP contribution in [-0.2, 0) is 15.0 Å². The fourth-order valence-electron chi connectivity index (χ4n) is 2.64. The van der Waals surface area contributed by atoms with Gasteiger partial charge in [-0.15, -0.1) is 0 Å². The second-order valence-electron chi connectivity index (χ2n) is 5.64. The Kier molecular flexibility index (Phi) is 4.59. The van der Waals surface area contributed by atoms with E-state index in [4.69, 9.17) is 9.68 Å². The van der Waals surface area contributed by atoms with Crippen LogP contribution in [0.5, 0.6) is 0 Å². The Bertz CT molecular complexity index is 901. The highest BCUT2D eigenvalue weighted by atomic mass is 32.2. The van der Waals surface area contributed by atoms with E-state index in [2.05, 4.69) is 10.0 Å². The van der Waals surface area contributed by atoms with Gasteiger partial charge in [-0.1, -0.05) is 0 Å². The number of nitrogens with one attached hydrogen (secondary N) is 2. The van der Waals surface area contributed by atoms with Crippen LogP contribution < -0.4 is 10.0 Å². The van der Waals surface area contributed by atoms with Crippen molar-refractivity contribution in [1.29, 1.82) is 5.26 Å². The zero-order chi connectivity index (χ0) is 18.0. The summed E-state index contributed by atoms with van der Waals surface area (Å²) in [5.74, 6) is 0.00156. The molecule has 1 saturated heterocycles. The van der Waals surface area contributed by atoms with Crippen molar-refractivity contribution in [2.45, 2.75) is 18.5 Å². The number of anilines is 1. The molecule has 1 aromatic carbocycles. The number of likely N-dealkylation sites (N-methyl/N-ethyl adjacent to an activating group) is 1. The molecule has 2 heterocycles. The van der Waals surface area contributed by atoms with E-state index in [-0.39, 0.29) is 6.42 Å². The quantitative estimate of drug-likeness (QED) is 0.858. The first-order chi connectivity index (χ1) is 11.9. The number of hydrogen-bond acceptors (Lipinski definition) is 5. The molecule has 0 bridgehead atoms. The molecule has 25 heavy (non-hydrogen) atoms. The van der Waals surface area contributed by atoms with Crippen molar-refractivity contribution in [2.24, 2.45) is 0 Å². The van der Waals surface area contributed by atoms with Gasteiger partial charge in [0, 0.05) is 12.7 Å². The van der Waals surface area contributed by atoms with Crippen molar-refractivity contribution in [3.05, 3.63) is 54.0 Å². The average molecular weight is 360 g/mol. The highest BCUT2D eigenvalue weighted by Crippen LogP contribution is 2.28. The molecule has 2 N–H and O–H groups in total. The van der Waals surface area contributed by atoms with Gasteiger partial charge in [-0.25, -0.2) is 0 Å². The first-order valence-corrected chi connectivity index (χ1v) is 8.94. The smallest absolute Gasteiger partial charge is 0.280 e. The molecule has 2 aromatic rings. The number of carbonyl (C=O) groups excluding carboxylic acids is 1. The van der Waals surface area contributed by atoms with E-state index >= 15 is 0 Å². The number of benzene rings is 1. The molecule has 2 atom stereocenters. The van der Waals surface area contributed by atoms with Crippen LogP contribution in [0.2, 0.25) is 0 Å². The Morgan fingerprint density at radius 1 is 1.36 bits per heavy atom. The predicted octanol–water partition coefficient (Wildman–Crippen LogP) is 1.37. The van der Waals surface area contributed by atoms with E-state index in [1.807, 2.05) is 6.07 Å². The largest absolute Gasteiger partial charge is 0.468 e. The summed E-state index contributed by atoms with van der Waals surface area (Å²) >= 11 is 0. The minimum atomic E-state index is -3.81. The number of amides is 1. The van der Waals surface area contributed by atoms with Gasteiger partial charge in [-0.3, -0.25) is 4.79 Å². The number of nitriles is 1. The van der Waals surface area contributed by atoms with E-state index in [9.17, 15) is 13.2 Å². The van der Waals surface area contributed by atoms with E-state index in [0.29, 0.717) is 17.0 Å². The second kappa shape index (κ2) is 6.68. The molecule has 1 aliphatic heterocycles. The molecular formula is C16H16N4O4S. The van der Waals surface area contributed by atoms with Crippen LogP contribution in [0.25, 0.3) is 0 Å². The van der Waals surface area contributed by atoms with Crippen LogP contribution in [0.3, 0.4) is 0 Å². The maximum absolute atomic E-state index is 12.6. The Hall–Kier alpha value is -2.67. The summed E-state index contributed by atoms with van der Waals surface area (Å²) in [5.41, 5.74) is 0.959. The van der Waals surface area contributed by atoms with Crippen molar-refractivity contribution in [2.75, 3.05) is 12.4 Å². The zero-order valence-electron chi connectivity index (χ0n) is 13.3. The van der Waals surface area contributed by atoms with Gasteiger partial charge in [0.1, 0.15) is 11.8 Å². The van der Waals surface area contributed by atoms with Crippen LogP contribution >= 0.6 is 0 Å². The maximum Gasteiger partial charge on any atom is 0.280 e. The van der Waals surface area contributed by atoms with Crippen molar-refractivity contribution < 1.29 is 17.6 Å². The summed E-state index contributed by atoms with van der Waals surface area (Å²) in [5, 5.41) is 11.5. The maximum atomic E-state index is 12.6. The highest BCUT2D eigenvalue weighted by Gasteiger charge is 2.41. The monoisotopic (exact) mass is 360 g/mol. The Balaban J connectivity index is 1.80. The molecular weight excluding hydrogens is 344 g/mol. The van der Waals surface area contributed by atoms with Crippen molar-refractivity contribution >= 4 is 21.8 Å². The lowest BCUT2D eigenvalue weighted by atomic mass is 10.0. The average Bonchev–Trinajstić information content (AvgIpc) is 3.12. The summed E-state index contributed by atoms with van der Waals surface area (Å²) in [6.45, 7) is 0. The van der Waals surface area contributed by atoms with E-state index in [1.54, 1.807) is 36.4 Å². The first-order valence-electron chi connectivity index (χ1n) is 7.50. The van der Waals surface area contributed by atoms with Crippen LogP contribution in [0.4, 0.5) is 5.69 Å². The third-order valence-corrected chi connectivity index (χ3v) is 5.63. The number of carbonyl (C=O) groups is 1. The Morgan fingerprint density at radius 3 is 2.68 bits per heavy atom. The van der Waals surface area contributed by atoms with Crippen LogP contribution in [-0.4, -0.2) is 31.7 Å². The van der Waals surface area contributed by atoms with E-state index < -0.39 is 28.2 Å². The summed E-state index contributed by atoms with van der Waals surface area (Å²) < 4.78 is 33.4. The zero-order valence-corrected chi connectivity index (χ0v) is 14.2. The summed E-state index contributed by atoms with van der Waals surface area (Å²) in [6.07, 6.45) is 1.68. The summed E-state index contributed by atoms with van der Waals surface area (Å²) in [6, 6.07) is 10.1. The van der Waals surface area contributed by atoms with Crippen molar-refractivity contribution in [3.63, 3.8) is 0 Å². The fourth-order valence-corrected chi connectivity index (χ4v) is 3.89. The SMILES string of the molecule is CN1[C@@H](C(=O)Nc2ccc(C#N)cc2)C[C@H](c2ccco2)NS1(=O)=O. The third kappa shape index (κ3) is 3.56. The molecule has 1 aromatic heterocycles. The van der Waals surface area contributed by atoms with Crippen LogP contribution in [0.15, 0.2) is 47.1 Å². The normalized spacial score (nSPS) is 22.9. The Morgan fingerprint density at radius 2 is 2.08 bits per heavy atom. The van der Waals surface area contributed by atoms with Gasteiger partial charge in [0.25, 0.3) is 10.2 Å². The third-order valence-electron chi connectivity index (χ3n) is 4.04. The van der Waals surface area contributed by atoms with Gasteiger partial charge in [-0.2, -0.15) is 22.7 Å². The molecule has 1 amide bonds. The lowest BCUT2D eigenvalue weighted by molar-refractivity contribution is -0.120. The molecule has 0 saturated carbocycles. The lowest BCUT2D eigenvalue weighted by Crippen LogP contribution is -2.55. The topological polar surface area (TPSA) is 115 Å². The highest BCUT2D eigenvalue weighted by molar-refractivity contribution is 7.87. The lowest BCUT2D eigenvalue weighted by Gasteiger charge is -2.35. The molecule has 8 nitrogen and oxygen atoms in total. The molecule has 0 spiro atoms. The number of furan rings is 1. The van der Waals surface area contributed by atoms with Gasteiger partial charge < -0.3 is 9.73 Å². The Labute approximate surface area is 145 Å². The molecule has 1 aliphatic rings. The van der Waals surface area contributed by atoms with Gasteiger partial charge in [0.05, 0.1) is 23.9 Å². The molecule has 9 heteroatoms. The van der Waals surface area contributed by atoms with Crippen molar-refractivity contribution in [1.82, 2.24) is 9.03 Å². The van der Waals surface area contributed by atoms with Crippen LogP contribution in [0.1, 0.15) is 23.8 Å². The molecule has 3 rings (SSSR count). The predicted molar refractivity (Wildman–Crippen MR) is 89.5 cm³/mol. The fraction of sp³-hybridized carbons (Fsp3) is 0.250. The molecule has 0 unspecified atom stereocenters. The molecule has 0 radical (unpaired) electrons. The minimum Gasteiger partial charge on any atom is -0.468 e. The van der Waals surface area contributed by atoms with E-state index in [0.717, 1.165) is 4.31 Å². The van der Waals surface area contributed by atoms with E-state index in [1.165, 1.54) is 13.3 Å². The van der Waals surface area contributed by atoms with Crippen LogP contribution in [0, 0.1) is 11.3 Å². The number of rotatable bonds is 3. The molecule has 0 aliphatic carbocycles. The van der Waals surface area contributed by atoms with Gasteiger partial charge in [-0.05, 0) is 42.8 Å². The van der Waals surface area contributed by atoms with Crippen molar-refractivity contribution in [3.8, 4) is 6.07 Å². The molecule has 1 fully saturated rings. The standard InChI is InChI=1S/C16H16N4O4S/c1-20-14(16(21)18-12-6-4-11(10-17)5-7-12)9-13(19-25(20,22)23)15-3-2-8-24-15/h2-8,13-14,19H,9H2,1H3,(H,18,21)/t13-,14-/m1/s1.